The van der Waals surface area contributed by atoms with Crippen molar-refractivity contribution in [3.8, 4) is 5.75 Å². The molecule has 0 saturated carbocycles. The van der Waals surface area contributed by atoms with Crippen molar-refractivity contribution in [1.29, 1.82) is 0 Å². The second kappa shape index (κ2) is 5.77. The molecule has 0 radical (unpaired) electrons. The number of hydrogen-bond donors (Lipinski definition) is 3. The number of phenols is 1. The van der Waals surface area contributed by atoms with Crippen molar-refractivity contribution in [1.82, 2.24) is 0 Å². The van der Waals surface area contributed by atoms with E-state index < -0.39 is 6.03 Å². The molecule has 0 aromatic heterocycles. The number of benzene rings is 3. The van der Waals surface area contributed by atoms with E-state index in [-0.39, 0.29) is 5.75 Å². The Morgan fingerprint density at radius 1 is 0.909 bits per heavy atom. The molecule has 0 atom stereocenters. The first kappa shape index (κ1) is 13.9. The minimum Gasteiger partial charge on any atom is -0.506 e. The van der Waals surface area contributed by atoms with Crippen LogP contribution >= 0.6 is 0 Å². The van der Waals surface area contributed by atoms with E-state index in [9.17, 15) is 9.90 Å². The predicted octanol–water partition coefficient (Wildman–Crippen LogP) is 4.50. The highest BCUT2D eigenvalue weighted by Gasteiger charge is 2.08. The molecule has 3 rings (SSSR count). The van der Waals surface area contributed by atoms with Crippen molar-refractivity contribution in [2.24, 2.45) is 0 Å². The molecule has 0 heterocycles. The average Bonchev–Trinajstić information content (AvgIpc) is 2.51. The van der Waals surface area contributed by atoms with Gasteiger partial charge in [0.2, 0.25) is 0 Å². The van der Waals surface area contributed by atoms with E-state index in [1.54, 1.807) is 18.2 Å². The van der Waals surface area contributed by atoms with Crippen LogP contribution < -0.4 is 10.6 Å². The van der Waals surface area contributed by atoms with Gasteiger partial charge in [-0.05, 0) is 36.1 Å². The number of amides is 2. The lowest BCUT2D eigenvalue weighted by atomic mass is 10.1. The van der Waals surface area contributed by atoms with Crippen LogP contribution in [0.25, 0.3) is 10.8 Å². The predicted molar refractivity (Wildman–Crippen MR) is 89.4 cm³/mol. The van der Waals surface area contributed by atoms with Crippen molar-refractivity contribution in [2.45, 2.75) is 6.92 Å². The highest BCUT2D eigenvalue weighted by atomic mass is 16.3. The topological polar surface area (TPSA) is 61.4 Å². The molecule has 0 aliphatic heterocycles. The molecule has 4 nitrogen and oxygen atoms in total. The van der Waals surface area contributed by atoms with E-state index in [0.717, 1.165) is 22.0 Å². The summed E-state index contributed by atoms with van der Waals surface area (Å²) in [5, 5.41) is 17.3. The number of carbonyl (C=O) groups is 1. The fourth-order valence-electron chi connectivity index (χ4n) is 2.36. The molecule has 2 amide bonds. The zero-order valence-corrected chi connectivity index (χ0v) is 12.1. The number of anilines is 2. The van der Waals surface area contributed by atoms with Gasteiger partial charge in [-0.1, -0.05) is 42.5 Å². The summed E-state index contributed by atoms with van der Waals surface area (Å²) in [4.78, 5) is 12.2. The summed E-state index contributed by atoms with van der Waals surface area (Å²) in [6.07, 6.45) is 0. The number of rotatable bonds is 2. The third kappa shape index (κ3) is 2.86. The van der Waals surface area contributed by atoms with E-state index >= 15 is 0 Å². The lowest BCUT2D eigenvalue weighted by molar-refractivity contribution is 0.262. The summed E-state index contributed by atoms with van der Waals surface area (Å²) < 4.78 is 0. The molecular formula is C18H16N2O2. The van der Waals surface area contributed by atoms with Gasteiger partial charge < -0.3 is 15.7 Å². The van der Waals surface area contributed by atoms with Crippen LogP contribution in [-0.2, 0) is 0 Å². The molecule has 4 heteroatoms. The van der Waals surface area contributed by atoms with Crippen molar-refractivity contribution in [3.63, 3.8) is 0 Å². The van der Waals surface area contributed by atoms with Gasteiger partial charge >= 0.3 is 6.03 Å². The maximum Gasteiger partial charge on any atom is 0.323 e. The van der Waals surface area contributed by atoms with E-state index in [4.69, 9.17) is 0 Å². The second-order valence-corrected chi connectivity index (χ2v) is 5.13. The average molecular weight is 292 g/mol. The van der Waals surface area contributed by atoms with Crippen LogP contribution in [0.3, 0.4) is 0 Å². The molecule has 0 spiro atoms. The molecule has 3 aromatic rings. The first-order chi connectivity index (χ1) is 10.6. The number of aryl methyl sites for hydroxylation is 1. The Kier molecular flexibility index (Phi) is 3.66. The molecule has 0 fully saturated rings. The Morgan fingerprint density at radius 2 is 1.64 bits per heavy atom. The van der Waals surface area contributed by atoms with Crippen molar-refractivity contribution in [3.05, 3.63) is 66.2 Å². The highest BCUT2D eigenvalue weighted by molar-refractivity contribution is 6.06. The van der Waals surface area contributed by atoms with Gasteiger partial charge in [-0.3, -0.25) is 0 Å². The van der Waals surface area contributed by atoms with Crippen molar-refractivity contribution < 1.29 is 9.90 Å². The SMILES string of the molecule is Cc1ccc(O)c(NC(=O)Nc2cccc3ccccc23)c1. The number of carbonyl (C=O) groups excluding carboxylic acids is 1. The molecule has 3 aromatic carbocycles. The van der Waals surface area contributed by atoms with Gasteiger partial charge in [0.25, 0.3) is 0 Å². The van der Waals surface area contributed by atoms with Gasteiger partial charge in [-0.25, -0.2) is 4.79 Å². The van der Waals surface area contributed by atoms with Crippen LogP contribution in [0.5, 0.6) is 5.75 Å². The van der Waals surface area contributed by atoms with Gasteiger partial charge in [0.05, 0.1) is 11.4 Å². The normalized spacial score (nSPS) is 10.4. The van der Waals surface area contributed by atoms with E-state index in [0.29, 0.717) is 5.69 Å². The molecule has 0 saturated heterocycles. The van der Waals surface area contributed by atoms with Crippen LogP contribution in [0.1, 0.15) is 5.56 Å². The summed E-state index contributed by atoms with van der Waals surface area (Å²) in [5.74, 6) is 0.0404. The van der Waals surface area contributed by atoms with Crippen LogP contribution in [0.2, 0.25) is 0 Å². The number of nitrogens with one attached hydrogen (secondary N) is 2. The van der Waals surface area contributed by atoms with Crippen LogP contribution in [-0.4, -0.2) is 11.1 Å². The minimum atomic E-state index is -0.391. The summed E-state index contributed by atoms with van der Waals surface area (Å²) >= 11 is 0. The Bertz CT molecular complexity index is 838. The van der Waals surface area contributed by atoms with E-state index in [1.165, 1.54) is 0 Å². The van der Waals surface area contributed by atoms with E-state index in [1.807, 2.05) is 49.4 Å². The minimum absolute atomic E-state index is 0.0404. The third-order valence-corrected chi connectivity index (χ3v) is 3.44. The summed E-state index contributed by atoms with van der Waals surface area (Å²) in [6.45, 7) is 1.90. The maximum absolute atomic E-state index is 12.2. The molecule has 0 aliphatic carbocycles. The number of hydrogen-bond acceptors (Lipinski definition) is 2. The van der Waals surface area contributed by atoms with E-state index in [2.05, 4.69) is 10.6 Å². The Balaban J connectivity index is 1.83. The number of phenolic OH excluding ortho intramolecular Hbond substituents is 1. The zero-order chi connectivity index (χ0) is 15.5. The monoisotopic (exact) mass is 292 g/mol. The Labute approximate surface area is 128 Å². The molecule has 0 unspecified atom stereocenters. The van der Waals surface area contributed by atoms with Crippen molar-refractivity contribution in [2.75, 3.05) is 10.6 Å². The zero-order valence-electron chi connectivity index (χ0n) is 12.1. The summed E-state index contributed by atoms with van der Waals surface area (Å²) in [6, 6.07) is 18.2. The first-order valence-corrected chi connectivity index (χ1v) is 6.99. The van der Waals surface area contributed by atoms with Gasteiger partial charge in [0, 0.05) is 5.39 Å². The number of fused-ring (bicyclic) bond motifs is 1. The lowest BCUT2D eigenvalue weighted by Crippen LogP contribution is -2.19. The molecule has 22 heavy (non-hydrogen) atoms. The maximum atomic E-state index is 12.2. The van der Waals surface area contributed by atoms with Crippen LogP contribution in [0.15, 0.2) is 60.7 Å². The smallest absolute Gasteiger partial charge is 0.323 e. The van der Waals surface area contributed by atoms with Gasteiger partial charge in [-0.2, -0.15) is 0 Å². The van der Waals surface area contributed by atoms with Crippen LogP contribution in [0, 0.1) is 6.92 Å². The third-order valence-electron chi connectivity index (χ3n) is 3.44. The fraction of sp³-hybridized carbons (Fsp3) is 0.0556. The molecule has 3 N–H and O–H groups in total. The first-order valence-electron chi connectivity index (χ1n) is 6.99. The lowest BCUT2D eigenvalue weighted by Gasteiger charge is -2.11. The van der Waals surface area contributed by atoms with Crippen LogP contribution in [0.4, 0.5) is 16.2 Å². The standard InChI is InChI=1S/C18H16N2O2/c1-12-9-10-17(21)16(11-12)20-18(22)19-15-8-4-6-13-5-2-3-7-14(13)15/h2-11,21H,1H3,(H2,19,20,22). The number of urea groups is 1. The van der Waals surface area contributed by atoms with Crippen molar-refractivity contribution >= 4 is 28.2 Å². The molecule has 0 bridgehead atoms. The summed E-state index contributed by atoms with van der Waals surface area (Å²) in [5.41, 5.74) is 2.07. The molecule has 0 aliphatic rings. The Morgan fingerprint density at radius 3 is 2.50 bits per heavy atom. The van der Waals surface area contributed by atoms with Gasteiger partial charge in [0.1, 0.15) is 5.75 Å². The Hall–Kier alpha value is -3.01. The van der Waals surface area contributed by atoms with Gasteiger partial charge in [0.15, 0.2) is 0 Å². The number of aromatic hydroxyl groups is 1. The summed E-state index contributed by atoms with van der Waals surface area (Å²) in [7, 11) is 0. The molecular weight excluding hydrogens is 276 g/mol. The fourth-order valence-corrected chi connectivity index (χ4v) is 2.36. The quantitative estimate of drug-likeness (QED) is 0.609. The highest BCUT2D eigenvalue weighted by Crippen LogP contribution is 2.26. The largest absolute Gasteiger partial charge is 0.506 e. The second-order valence-electron chi connectivity index (χ2n) is 5.13. The van der Waals surface area contributed by atoms with Gasteiger partial charge in [-0.15, -0.1) is 0 Å². The molecule has 110 valence electrons.